The Morgan fingerprint density at radius 2 is 1.91 bits per heavy atom. The molecule has 0 aliphatic carbocycles. The lowest BCUT2D eigenvalue weighted by molar-refractivity contribution is -0.145. The number of pyridine rings is 1. The molecule has 1 aromatic carbocycles. The quantitative estimate of drug-likeness (QED) is 0.736. The zero-order chi connectivity index (χ0) is 15.8. The number of benzene rings is 1. The van der Waals surface area contributed by atoms with Gasteiger partial charge in [-0.2, -0.15) is 0 Å². The van der Waals surface area contributed by atoms with Crippen molar-refractivity contribution in [2.45, 2.75) is 19.4 Å². The first-order valence-corrected chi connectivity index (χ1v) is 6.99. The highest BCUT2D eigenvalue weighted by molar-refractivity contribution is 5.69. The second-order valence-electron chi connectivity index (χ2n) is 4.67. The van der Waals surface area contributed by atoms with Crippen LogP contribution in [0.4, 0.5) is 0 Å². The summed E-state index contributed by atoms with van der Waals surface area (Å²) in [5.74, 6) is 1.08. The van der Waals surface area contributed by atoms with Gasteiger partial charge in [0.2, 0.25) is 0 Å². The minimum absolute atomic E-state index is 0.200. The van der Waals surface area contributed by atoms with Crippen LogP contribution in [0.2, 0.25) is 0 Å². The van der Waals surface area contributed by atoms with E-state index < -0.39 is 0 Å². The smallest absolute Gasteiger partial charge is 0.306 e. The highest BCUT2D eigenvalue weighted by Gasteiger charge is 2.08. The average molecular weight is 301 g/mol. The minimum atomic E-state index is -0.250. The van der Waals surface area contributed by atoms with E-state index in [1.807, 2.05) is 36.4 Å². The first kappa shape index (κ1) is 15.8. The van der Waals surface area contributed by atoms with Crippen molar-refractivity contribution in [1.29, 1.82) is 0 Å². The van der Waals surface area contributed by atoms with E-state index in [0.29, 0.717) is 24.3 Å². The van der Waals surface area contributed by atoms with E-state index in [1.54, 1.807) is 20.4 Å². The molecule has 0 spiro atoms. The highest BCUT2D eigenvalue weighted by atomic mass is 16.5. The summed E-state index contributed by atoms with van der Waals surface area (Å²) in [5.41, 5.74) is 1.73. The number of carbonyl (C=O) groups is 1. The lowest BCUT2D eigenvalue weighted by atomic mass is 10.1. The molecule has 22 heavy (non-hydrogen) atoms. The minimum Gasteiger partial charge on any atom is -0.493 e. The molecular weight excluding hydrogens is 282 g/mol. The Bertz CT molecular complexity index is 613. The van der Waals surface area contributed by atoms with Gasteiger partial charge in [-0.25, -0.2) is 0 Å². The fourth-order valence-corrected chi connectivity index (χ4v) is 1.99. The van der Waals surface area contributed by atoms with Crippen molar-refractivity contribution >= 4 is 5.97 Å². The zero-order valence-corrected chi connectivity index (χ0v) is 12.7. The molecule has 0 amide bonds. The van der Waals surface area contributed by atoms with Crippen LogP contribution in [-0.4, -0.2) is 25.2 Å². The fourth-order valence-electron chi connectivity index (χ4n) is 1.99. The summed E-state index contributed by atoms with van der Waals surface area (Å²) in [5, 5.41) is 0. The third-order valence-corrected chi connectivity index (χ3v) is 3.17. The summed E-state index contributed by atoms with van der Waals surface area (Å²) >= 11 is 0. The van der Waals surface area contributed by atoms with Crippen LogP contribution < -0.4 is 9.47 Å². The first-order valence-electron chi connectivity index (χ1n) is 6.99. The number of aromatic nitrogens is 1. The Labute approximate surface area is 129 Å². The predicted molar refractivity (Wildman–Crippen MR) is 81.9 cm³/mol. The van der Waals surface area contributed by atoms with Gasteiger partial charge in [-0.3, -0.25) is 9.78 Å². The van der Waals surface area contributed by atoms with Crippen molar-refractivity contribution in [2.75, 3.05) is 14.2 Å². The Morgan fingerprint density at radius 3 is 2.59 bits per heavy atom. The van der Waals surface area contributed by atoms with Crippen molar-refractivity contribution in [2.24, 2.45) is 0 Å². The van der Waals surface area contributed by atoms with Crippen LogP contribution in [0.15, 0.2) is 42.6 Å². The van der Waals surface area contributed by atoms with E-state index in [-0.39, 0.29) is 12.6 Å². The van der Waals surface area contributed by atoms with E-state index in [0.717, 1.165) is 11.3 Å². The number of hydrogen-bond acceptors (Lipinski definition) is 5. The monoisotopic (exact) mass is 301 g/mol. The first-order chi connectivity index (χ1) is 10.7. The summed E-state index contributed by atoms with van der Waals surface area (Å²) in [6.07, 6.45) is 2.57. The number of nitrogens with zero attached hydrogens (tertiary/aromatic N) is 1. The number of methoxy groups -OCH3 is 2. The molecule has 0 fully saturated rings. The van der Waals surface area contributed by atoms with Crippen LogP contribution in [0.1, 0.15) is 17.7 Å². The van der Waals surface area contributed by atoms with Gasteiger partial charge in [0.1, 0.15) is 6.61 Å². The summed E-state index contributed by atoms with van der Waals surface area (Å²) < 4.78 is 15.6. The third kappa shape index (κ3) is 4.48. The van der Waals surface area contributed by atoms with Crippen LogP contribution in [0.5, 0.6) is 11.5 Å². The summed E-state index contributed by atoms with van der Waals surface area (Å²) in [6.45, 7) is 0.200. The molecule has 0 saturated heterocycles. The molecule has 0 unspecified atom stereocenters. The van der Waals surface area contributed by atoms with Crippen molar-refractivity contribution in [3.63, 3.8) is 0 Å². The molecule has 0 N–H and O–H groups in total. The number of aryl methyl sites for hydroxylation is 1. The molecular formula is C17H19NO4. The van der Waals surface area contributed by atoms with Gasteiger partial charge in [-0.15, -0.1) is 0 Å². The molecule has 0 radical (unpaired) electrons. The van der Waals surface area contributed by atoms with E-state index in [4.69, 9.17) is 14.2 Å². The Balaban J connectivity index is 1.83. The maximum absolute atomic E-state index is 11.8. The lowest BCUT2D eigenvalue weighted by Crippen LogP contribution is -2.06. The van der Waals surface area contributed by atoms with Gasteiger partial charge in [-0.05, 0) is 36.2 Å². The maximum Gasteiger partial charge on any atom is 0.306 e. The van der Waals surface area contributed by atoms with Gasteiger partial charge in [0.25, 0.3) is 0 Å². The van der Waals surface area contributed by atoms with E-state index >= 15 is 0 Å². The van der Waals surface area contributed by atoms with Gasteiger partial charge in [0.05, 0.1) is 19.9 Å². The molecule has 116 valence electrons. The Morgan fingerprint density at radius 1 is 1.09 bits per heavy atom. The summed E-state index contributed by atoms with van der Waals surface area (Å²) in [7, 11) is 3.18. The lowest BCUT2D eigenvalue weighted by Gasteiger charge is -2.09. The van der Waals surface area contributed by atoms with Crippen molar-refractivity contribution in [3.05, 3.63) is 53.9 Å². The topological polar surface area (TPSA) is 57.7 Å². The molecule has 0 aliphatic heterocycles. The molecule has 1 heterocycles. The van der Waals surface area contributed by atoms with Crippen LogP contribution in [0.3, 0.4) is 0 Å². The molecule has 1 aromatic heterocycles. The Kier molecular flexibility index (Phi) is 5.77. The number of hydrogen-bond donors (Lipinski definition) is 0. The summed E-state index contributed by atoms with van der Waals surface area (Å²) in [6, 6.07) is 11.1. The van der Waals surface area contributed by atoms with Crippen LogP contribution in [-0.2, 0) is 22.6 Å². The second kappa shape index (κ2) is 8.02. The fraction of sp³-hybridized carbons (Fsp3) is 0.294. The van der Waals surface area contributed by atoms with Gasteiger partial charge in [-0.1, -0.05) is 12.1 Å². The van der Waals surface area contributed by atoms with Gasteiger partial charge in [0, 0.05) is 12.6 Å². The van der Waals surface area contributed by atoms with Gasteiger partial charge < -0.3 is 14.2 Å². The Hall–Kier alpha value is -2.56. The van der Waals surface area contributed by atoms with Crippen LogP contribution in [0.25, 0.3) is 0 Å². The molecule has 0 atom stereocenters. The molecule has 0 saturated carbocycles. The summed E-state index contributed by atoms with van der Waals surface area (Å²) in [4.78, 5) is 15.9. The average Bonchev–Trinajstić information content (AvgIpc) is 2.58. The van der Waals surface area contributed by atoms with Gasteiger partial charge in [0.15, 0.2) is 11.5 Å². The van der Waals surface area contributed by atoms with Crippen molar-refractivity contribution in [3.8, 4) is 11.5 Å². The van der Waals surface area contributed by atoms with E-state index in [2.05, 4.69) is 4.98 Å². The number of esters is 1. The van der Waals surface area contributed by atoms with Crippen molar-refractivity contribution < 1.29 is 19.0 Å². The SMILES string of the molecule is COc1ccc(CCC(=O)OCc2ccccn2)cc1OC. The highest BCUT2D eigenvalue weighted by Crippen LogP contribution is 2.27. The number of carbonyl (C=O) groups excluding carboxylic acids is 1. The zero-order valence-electron chi connectivity index (χ0n) is 12.7. The van der Waals surface area contributed by atoms with Crippen LogP contribution >= 0.6 is 0 Å². The predicted octanol–water partition coefficient (Wildman–Crippen LogP) is 2.77. The maximum atomic E-state index is 11.8. The van der Waals surface area contributed by atoms with Crippen LogP contribution in [0, 0.1) is 0 Å². The second-order valence-corrected chi connectivity index (χ2v) is 4.67. The normalized spacial score (nSPS) is 10.1. The van der Waals surface area contributed by atoms with Gasteiger partial charge >= 0.3 is 5.97 Å². The largest absolute Gasteiger partial charge is 0.493 e. The third-order valence-electron chi connectivity index (χ3n) is 3.17. The molecule has 2 aromatic rings. The molecule has 5 heteroatoms. The number of rotatable bonds is 7. The van der Waals surface area contributed by atoms with E-state index in [1.165, 1.54) is 0 Å². The van der Waals surface area contributed by atoms with E-state index in [9.17, 15) is 4.79 Å². The van der Waals surface area contributed by atoms with Crippen molar-refractivity contribution in [1.82, 2.24) is 4.98 Å². The standard InChI is InChI=1S/C17H19NO4/c1-20-15-8-6-13(11-16(15)21-2)7-9-17(19)22-12-14-5-3-4-10-18-14/h3-6,8,10-11H,7,9,12H2,1-2H3. The molecule has 5 nitrogen and oxygen atoms in total. The molecule has 0 bridgehead atoms. The molecule has 0 aliphatic rings. The number of ether oxygens (including phenoxy) is 3. The molecule has 2 rings (SSSR count).